The van der Waals surface area contributed by atoms with Crippen LogP contribution in [0.4, 0.5) is 10.1 Å². The second-order valence-corrected chi connectivity index (χ2v) is 6.66. The van der Waals surface area contributed by atoms with E-state index in [0.29, 0.717) is 6.04 Å². The Morgan fingerprint density at radius 1 is 1.00 bits per heavy atom. The second-order valence-electron chi connectivity index (χ2n) is 6.66. The number of halogens is 1. The van der Waals surface area contributed by atoms with E-state index in [1.807, 2.05) is 6.07 Å². The molecule has 0 bridgehead atoms. The van der Waals surface area contributed by atoms with Gasteiger partial charge in [0, 0.05) is 37.4 Å². The summed E-state index contributed by atoms with van der Waals surface area (Å²) in [4.78, 5) is 6.96. The van der Waals surface area contributed by atoms with Crippen LogP contribution in [0, 0.1) is 5.82 Å². The molecule has 1 saturated heterocycles. The van der Waals surface area contributed by atoms with Gasteiger partial charge < -0.3 is 10.2 Å². The van der Waals surface area contributed by atoms with Crippen LogP contribution >= 0.6 is 0 Å². The number of hydrogen-bond donors (Lipinski definition) is 1. The van der Waals surface area contributed by atoms with Gasteiger partial charge in [-0.15, -0.1) is 0 Å². The maximum absolute atomic E-state index is 13.3. The average Bonchev–Trinajstić information content (AvgIpc) is 2.70. The Balaban J connectivity index is 1.56. The van der Waals surface area contributed by atoms with Crippen molar-refractivity contribution in [2.24, 2.45) is 0 Å². The SMILES string of the molecule is Fc1ccc(-c2ncccc2N2CCNC(Cc3ccccc3)C2)cc1. The van der Waals surface area contributed by atoms with Crippen LogP contribution < -0.4 is 10.2 Å². The summed E-state index contributed by atoms with van der Waals surface area (Å²) in [7, 11) is 0. The minimum Gasteiger partial charge on any atom is -0.367 e. The molecule has 4 heteroatoms. The molecule has 0 aliphatic carbocycles. The monoisotopic (exact) mass is 347 g/mol. The summed E-state index contributed by atoms with van der Waals surface area (Å²) >= 11 is 0. The van der Waals surface area contributed by atoms with E-state index in [-0.39, 0.29) is 5.82 Å². The van der Waals surface area contributed by atoms with E-state index in [1.54, 1.807) is 18.3 Å². The predicted octanol–water partition coefficient (Wildman–Crippen LogP) is 3.91. The van der Waals surface area contributed by atoms with Crippen molar-refractivity contribution in [3.63, 3.8) is 0 Å². The van der Waals surface area contributed by atoms with E-state index in [4.69, 9.17) is 0 Å². The largest absolute Gasteiger partial charge is 0.367 e. The summed E-state index contributed by atoms with van der Waals surface area (Å²) in [5, 5.41) is 3.62. The van der Waals surface area contributed by atoms with Crippen LogP contribution in [0.3, 0.4) is 0 Å². The Morgan fingerprint density at radius 2 is 1.81 bits per heavy atom. The van der Waals surface area contributed by atoms with Gasteiger partial charge in [0.25, 0.3) is 0 Å². The summed E-state index contributed by atoms with van der Waals surface area (Å²) in [6, 6.07) is 21.6. The summed E-state index contributed by atoms with van der Waals surface area (Å²) in [6.45, 7) is 2.80. The number of anilines is 1. The topological polar surface area (TPSA) is 28.2 Å². The molecule has 4 rings (SSSR count). The molecule has 1 fully saturated rings. The van der Waals surface area contributed by atoms with Crippen molar-refractivity contribution in [2.45, 2.75) is 12.5 Å². The molecule has 0 spiro atoms. The maximum atomic E-state index is 13.3. The number of nitrogens with one attached hydrogen (secondary N) is 1. The molecule has 3 nitrogen and oxygen atoms in total. The molecule has 1 aromatic heterocycles. The van der Waals surface area contributed by atoms with Crippen molar-refractivity contribution < 1.29 is 4.39 Å². The molecule has 1 atom stereocenters. The zero-order valence-corrected chi connectivity index (χ0v) is 14.6. The highest BCUT2D eigenvalue weighted by molar-refractivity contribution is 5.75. The van der Waals surface area contributed by atoms with Crippen LogP contribution in [0.1, 0.15) is 5.56 Å². The van der Waals surface area contributed by atoms with E-state index in [2.05, 4.69) is 51.6 Å². The van der Waals surface area contributed by atoms with Gasteiger partial charge in [0.15, 0.2) is 0 Å². The van der Waals surface area contributed by atoms with Gasteiger partial charge >= 0.3 is 0 Å². The van der Waals surface area contributed by atoms with Crippen molar-refractivity contribution in [3.8, 4) is 11.3 Å². The van der Waals surface area contributed by atoms with E-state index in [0.717, 1.165) is 43.0 Å². The molecular weight excluding hydrogens is 325 g/mol. The Labute approximate surface area is 153 Å². The fourth-order valence-corrected chi connectivity index (χ4v) is 3.56. The molecule has 2 heterocycles. The lowest BCUT2D eigenvalue weighted by molar-refractivity contribution is 0.455. The highest BCUT2D eigenvalue weighted by Crippen LogP contribution is 2.29. The molecule has 132 valence electrons. The molecule has 0 saturated carbocycles. The first kappa shape index (κ1) is 16.7. The van der Waals surface area contributed by atoms with E-state index in [9.17, 15) is 4.39 Å². The van der Waals surface area contributed by atoms with Gasteiger partial charge in [-0.2, -0.15) is 0 Å². The number of hydrogen-bond acceptors (Lipinski definition) is 3. The first-order valence-electron chi connectivity index (χ1n) is 9.03. The van der Waals surface area contributed by atoms with Gasteiger partial charge in [0.2, 0.25) is 0 Å². The van der Waals surface area contributed by atoms with Crippen LogP contribution in [0.5, 0.6) is 0 Å². The molecular formula is C22H22FN3. The molecule has 0 amide bonds. The third kappa shape index (κ3) is 3.75. The molecule has 3 aromatic rings. The van der Waals surface area contributed by atoms with Gasteiger partial charge in [0.05, 0.1) is 11.4 Å². The van der Waals surface area contributed by atoms with Gasteiger partial charge in [-0.3, -0.25) is 4.98 Å². The zero-order chi connectivity index (χ0) is 17.8. The molecule has 2 aromatic carbocycles. The standard InChI is InChI=1S/C22H22FN3/c23-19-10-8-18(9-11-19)22-21(7-4-12-25-22)26-14-13-24-20(16-26)15-17-5-2-1-3-6-17/h1-12,20,24H,13-16H2. The van der Waals surface area contributed by atoms with Crippen LogP contribution in [-0.4, -0.2) is 30.7 Å². The lowest BCUT2D eigenvalue weighted by atomic mass is 10.0. The van der Waals surface area contributed by atoms with Gasteiger partial charge in [0.1, 0.15) is 5.82 Å². The molecule has 26 heavy (non-hydrogen) atoms. The van der Waals surface area contributed by atoms with Gasteiger partial charge in [-0.25, -0.2) is 4.39 Å². The fourth-order valence-electron chi connectivity index (χ4n) is 3.56. The maximum Gasteiger partial charge on any atom is 0.123 e. The van der Waals surface area contributed by atoms with E-state index in [1.165, 1.54) is 17.7 Å². The lowest BCUT2D eigenvalue weighted by Gasteiger charge is -2.36. The van der Waals surface area contributed by atoms with Gasteiger partial charge in [-0.1, -0.05) is 30.3 Å². The molecule has 1 aliphatic rings. The first-order valence-corrected chi connectivity index (χ1v) is 9.03. The predicted molar refractivity (Wildman–Crippen MR) is 104 cm³/mol. The van der Waals surface area contributed by atoms with Crippen LogP contribution in [0.2, 0.25) is 0 Å². The highest BCUT2D eigenvalue weighted by atomic mass is 19.1. The van der Waals surface area contributed by atoms with Crippen LogP contribution in [0.25, 0.3) is 11.3 Å². The number of rotatable bonds is 4. The number of aromatic nitrogens is 1. The third-order valence-corrected chi connectivity index (χ3v) is 4.83. The molecule has 0 radical (unpaired) electrons. The second kappa shape index (κ2) is 7.67. The van der Waals surface area contributed by atoms with Crippen molar-refractivity contribution >= 4 is 5.69 Å². The lowest BCUT2D eigenvalue weighted by Crippen LogP contribution is -2.51. The van der Waals surface area contributed by atoms with Crippen molar-refractivity contribution in [3.05, 3.63) is 84.3 Å². The normalized spacial score (nSPS) is 17.3. The minimum atomic E-state index is -0.226. The van der Waals surface area contributed by atoms with Crippen LogP contribution in [0.15, 0.2) is 72.9 Å². The van der Waals surface area contributed by atoms with Gasteiger partial charge in [-0.05, 0) is 48.4 Å². The molecule has 1 unspecified atom stereocenters. The summed E-state index contributed by atoms with van der Waals surface area (Å²) in [5.74, 6) is -0.226. The molecule has 1 aliphatic heterocycles. The Morgan fingerprint density at radius 3 is 2.62 bits per heavy atom. The van der Waals surface area contributed by atoms with E-state index >= 15 is 0 Å². The van der Waals surface area contributed by atoms with Crippen molar-refractivity contribution in [1.82, 2.24) is 10.3 Å². The van der Waals surface area contributed by atoms with Crippen molar-refractivity contribution in [2.75, 3.05) is 24.5 Å². The number of pyridine rings is 1. The Hall–Kier alpha value is -2.72. The number of piperazine rings is 1. The minimum absolute atomic E-state index is 0.226. The summed E-state index contributed by atoms with van der Waals surface area (Å²) in [5.41, 5.74) is 4.31. The molecule has 1 N–H and O–H groups in total. The average molecular weight is 347 g/mol. The quantitative estimate of drug-likeness (QED) is 0.776. The van der Waals surface area contributed by atoms with Crippen molar-refractivity contribution in [1.29, 1.82) is 0 Å². The summed E-state index contributed by atoms with van der Waals surface area (Å²) < 4.78 is 13.3. The zero-order valence-electron chi connectivity index (χ0n) is 14.6. The first-order chi connectivity index (χ1) is 12.8. The van der Waals surface area contributed by atoms with Crippen LogP contribution in [-0.2, 0) is 6.42 Å². The Bertz CT molecular complexity index is 849. The third-order valence-electron chi connectivity index (χ3n) is 4.83. The van der Waals surface area contributed by atoms with E-state index < -0.39 is 0 Å². The number of nitrogens with zero attached hydrogens (tertiary/aromatic N) is 2. The fraction of sp³-hybridized carbons (Fsp3) is 0.227. The Kier molecular flexibility index (Phi) is 4.93. The highest BCUT2D eigenvalue weighted by Gasteiger charge is 2.22. The number of benzene rings is 2. The smallest absolute Gasteiger partial charge is 0.123 e. The summed E-state index contributed by atoms with van der Waals surface area (Å²) in [6.07, 6.45) is 2.80.